The van der Waals surface area contributed by atoms with Crippen LogP contribution in [0.3, 0.4) is 0 Å². The smallest absolute Gasteiger partial charge is 0.107 e. The summed E-state index contributed by atoms with van der Waals surface area (Å²) in [5, 5.41) is 34.7. The van der Waals surface area contributed by atoms with Crippen molar-refractivity contribution >= 4 is 12.6 Å². The molecule has 4 nitrogen and oxygen atoms in total. The molecule has 0 amide bonds. The Morgan fingerprint density at radius 2 is 1.64 bits per heavy atom. The van der Waals surface area contributed by atoms with E-state index < -0.39 is 23.6 Å². The van der Waals surface area contributed by atoms with E-state index in [-0.39, 0.29) is 6.61 Å². The van der Waals surface area contributed by atoms with Gasteiger partial charge in [-0.2, -0.15) is 12.6 Å². The molecule has 1 unspecified atom stereocenters. The minimum absolute atomic E-state index is 0.339. The predicted molar refractivity (Wildman–Crippen MR) is 43.6 cm³/mol. The minimum atomic E-state index is -1.26. The Morgan fingerprint density at radius 1 is 1.18 bits per heavy atom. The Kier molecular flexibility index (Phi) is 5.03. The van der Waals surface area contributed by atoms with Crippen molar-refractivity contribution in [3.8, 4) is 0 Å². The lowest BCUT2D eigenvalue weighted by molar-refractivity contribution is -0.0555. The van der Waals surface area contributed by atoms with E-state index in [0.717, 1.165) is 0 Å². The normalized spacial score (nSPS) is 22.4. The molecule has 0 aliphatic carbocycles. The molecule has 0 spiro atoms. The molecule has 0 aliphatic rings. The standard InChI is InChI=1S/C6H14O4S/c1-3(8)5(9)6(10)4(11)2-7/h3-11H,2H2,1H3/t3?,4-,5+,6-/m0/s1. The van der Waals surface area contributed by atoms with Gasteiger partial charge in [0.2, 0.25) is 0 Å². The fourth-order valence-electron chi connectivity index (χ4n) is 0.621. The van der Waals surface area contributed by atoms with Gasteiger partial charge in [0.1, 0.15) is 6.10 Å². The summed E-state index contributed by atoms with van der Waals surface area (Å²) >= 11 is 3.79. The third-order valence-corrected chi connectivity index (χ3v) is 1.89. The second-order valence-corrected chi connectivity index (χ2v) is 3.14. The summed E-state index contributed by atoms with van der Waals surface area (Å²) in [7, 11) is 0. The molecule has 11 heavy (non-hydrogen) atoms. The first-order chi connectivity index (χ1) is 5.00. The number of thiol groups is 1. The lowest BCUT2D eigenvalue weighted by Crippen LogP contribution is -2.42. The van der Waals surface area contributed by atoms with Crippen molar-refractivity contribution in [1.82, 2.24) is 0 Å². The second-order valence-electron chi connectivity index (χ2n) is 2.47. The fraction of sp³-hybridized carbons (Fsp3) is 1.00. The first kappa shape index (κ1) is 11.2. The molecule has 4 N–H and O–H groups in total. The third-order valence-electron chi connectivity index (χ3n) is 1.43. The van der Waals surface area contributed by atoms with Crippen LogP contribution >= 0.6 is 12.6 Å². The molecule has 0 heterocycles. The molecule has 0 bridgehead atoms. The van der Waals surface area contributed by atoms with Crippen LogP contribution in [0.5, 0.6) is 0 Å². The first-order valence-corrected chi connectivity index (χ1v) is 3.85. The Morgan fingerprint density at radius 3 is 1.91 bits per heavy atom. The van der Waals surface area contributed by atoms with Crippen LogP contribution in [-0.4, -0.2) is 50.6 Å². The maximum atomic E-state index is 9.11. The molecule has 0 radical (unpaired) electrons. The van der Waals surface area contributed by atoms with Crippen LogP contribution in [-0.2, 0) is 0 Å². The summed E-state index contributed by atoms with van der Waals surface area (Å²) in [5.74, 6) is 0. The van der Waals surface area contributed by atoms with Gasteiger partial charge in [-0.3, -0.25) is 0 Å². The highest BCUT2D eigenvalue weighted by molar-refractivity contribution is 7.81. The average Bonchev–Trinajstić information content (AvgIpc) is 2.00. The first-order valence-electron chi connectivity index (χ1n) is 3.33. The quantitative estimate of drug-likeness (QED) is 0.338. The fourth-order valence-corrected chi connectivity index (χ4v) is 0.797. The van der Waals surface area contributed by atoms with Crippen LogP contribution in [0.1, 0.15) is 6.92 Å². The van der Waals surface area contributed by atoms with Gasteiger partial charge in [0.25, 0.3) is 0 Å². The van der Waals surface area contributed by atoms with Crippen molar-refractivity contribution < 1.29 is 20.4 Å². The number of hydrogen-bond acceptors (Lipinski definition) is 5. The van der Waals surface area contributed by atoms with Crippen LogP contribution in [0, 0.1) is 0 Å². The molecule has 68 valence electrons. The zero-order chi connectivity index (χ0) is 9.02. The highest BCUT2D eigenvalue weighted by Gasteiger charge is 2.26. The van der Waals surface area contributed by atoms with Crippen LogP contribution in [0.25, 0.3) is 0 Å². The highest BCUT2D eigenvalue weighted by Crippen LogP contribution is 2.08. The van der Waals surface area contributed by atoms with Gasteiger partial charge in [-0.05, 0) is 6.92 Å². The number of aliphatic hydroxyl groups excluding tert-OH is 4. The van der Waals surface area contributed by atoms with Gasteiger partial charge >= 0.3 is 0 Å². The molecule has 0 aliphatic heterocycles. The van der Waals surface area contributed by atoms with E-state index in [1.165, 1.54) is 6.92 Å². The SMILES string of the molecule is CC(O)[C@@H](O)[C@@H](O)[C@@H](S)CO. The van der Waals surface area contributed by atoms with E-state index in [2.05, 4.69) is 12.6 Å². The maximum absolute atomic E-state index is 9.11. The number of rotatable bonds is 4. The summed E-state index contributed by atoms with van der Waals surface area (Å²) < 4.78 is 0. The molecule has 5 heteroatoms. The molecular weight excluding hydrogens is 168 g/mol. The Bertz CT molecular complexity index is 109. The van der Waals surface area contributed by atoms with E-state index >= 15 is 0 Å². The van der Waals surface area contributed by atoms with E-state index in [1.54, 1.807) is 0 Å². The highest BCUT2D eigenvalue weighted by atomic mass is 32.1. The van der Waals surface area contributed by atoms with Gasteiger partial charge in [-0.25, -0.2) is 0 Å². The summed E-state index contributed by atoms with van der Waals surface area (Å²) in [5.41, 5.74) is 0. The van der Waals surface area contributed by atoms with Gasteiger partial charge in [0.15, 0.2) is 0 Å². The molecule has 4 atom stereocenters. The summed E-state index contributed by atoms with van der Waals surface area (Å²) in [4.78, 5) is 0. The largest absolute Gasteiger partial charge is 0.395 e. The minimum Gasteiger partial charge on any atom is -0.395 e. The Balaban J connectivity index is 3.90. The summed E-state index contributed by atoms with van der Waals surface area (Å²) in [6.07, 6.45) is -3.49. The molecule has 0 aromatic carbocycles. The topological polar surface area (TPSA) is 80.9 Å². The lowest BCUT2D eigenvalue weighted by Gasteiger charge is -2.23. The summed E-state index contributed by atoms with van der Waals surface area (Å²) in [6, 6.07) is 0. The van der Waals surface area contributed by atoms with Crippen LogP contribution in [0.4, 0.5) is 0 Å². The Hall–Kier alpha value is 0.190. The van der Waals surface area contributed by atoms with E-state index in [1.807, 2.05) is 0 Å². The van der Waals surface area contributed by atoms with Gasteiger partial charge in [0.05, 0.1) is 24.1 Å². The van der Waals surface area contributed by atoms with Crippen molar-refractivity contribution in [3.63, 3.8) is 0 Å². The van der Waals surface area contributed by atoms with Crippen molar-refractivity contribution in [3.05, 3.63) is 0 Å². The van der Waals surface area contributed by atoms with E-state index in [9.17, 15) is 0 Å². The average molecular weight is 182 g/mol. The van der Waals surface area contributed by atoms with Crippen molar-refractivity contribution in [2.24, 2.45) is 0 Å². The molecule has 0 saturated carbocycles. The van der Waals surface area contributed by atoms with Crippen molar-refractivity contribution in [2.75, 3.05) is 6.61 Å². The van der Waals surface area contributed by atoms with Crippen molar-refractivity contribution in [2.45, 2.75) is 30.5 Å². The molecule has 0 aromatic heterocycles. The molecular formula is C6H14O4S. The molecule has 0 rings (SSSR count). The zero-order valence-electron chi connectivity index (χ0n) is 6.25. The van der Waals surface area contributed by atoms with Gasteiger partial charge < -0.3 is 20.4 Å². The number of aliphatic hydroxyl groups is 4. The zero-order valence-corrected chi connectivity index (χ0v) is 7.15. The van der Waals surface area contributed by atoms with E-state index in [4.69, 9.17) is 20.4 Å². The second kappa shape index (κ2) is 4.95. The predicted octanol–water partition coefficient (Wildman–Crippen LogP) is -1.62. The third kappa shape index (κ3) is 3.39. The number of hydrogen-bond donors (Lipinski definition) is 5. The summed E-state index contributed by atoms with van der Waals surface area (Å²) in [6.45, 7) is 1.01. The Labute approximate surface area is 70.9 Å². The molecule has 0 fully saturated rings. The lowest BCUT2D eigenvalue weighted by atomic mass is 10.1. The van der Waals surface area contributed by atoms with Gasteiger partial charge in [-0.1, -0.05) is 0 Å². The van der Waals surface area contributed by atoms with Gasteiger partial charge in [0, 0.05) is 0 Å². The van der Waals surface area contributed by atoms with Gasteiger partial charge in [-0.15, -0.1) is 0 Å². The van der Waals surface area contributed by atoms with Crippen LogP contribution in [0.2, 0.25) is 0 Å². The molecule has 0 saturated heterocycles. The maximum Gasteiger partial charge on any atom is 0.107 e. The van der Waals surface area contributed by atoms with Crippen LogP contribution < -0.4 is 0 Å². The van der Waals surface area contributed by atoms with Crippen molar-refractivity contribution in [1.29, 1.82) is 0 Å². The molecule has 0 aromatic rings. The van der Waals surface area contributed by atoms with Crippen LogP contribution in [0.15, 0.2) is 0 Å². The monoisotopic (exact) mass is 182 g/mol. The van der Waals surface area contributed by atoms with E-state index in [0.29, 0.717) is 0 Å².